The molecular weight excluding hydrogens is 288 g/mol. The minimum Gasteiger partial charge on any atom is -0.378 e. The fourth-order valence-corrected chi connectivity index (χ4v) is 2.62. The second-order valence-corrected chi connectivity index (χ2v) is 5.07. The van der Waals surface area contributed by atoms with Crippen molar-refractivity contribution in [2.45, 2.75) is 6.54 Å². The maximum absolute atomic E-state index is 9.36. The number of benzene rings is 1. The Bertz CT molecular complexity index is 1040. The molecule has 0 bridgehead atoms. The van der Waals surface area contributed by atoms with Crippen LogP contribution < -0.4 is 5.32 Å². The Morgan fingerprint density at radius 1 is 1.09 bits per heavy atom. The monoisotopic (exact) mass is 300 g/mol. The van der Waals surface area contributed by atoms with Gasteiger partial charge in [-0.2, -0.15) is 10.4 Å². The van der Waals surface area contributed by atoms with E-state index in [0.29, 0.717) is 12.1 Å². The lowest BCUT2D eigenvalue weighted by Gasteiger charge is -2.12. The van der Waals surface area contributed by atoms with Crippen LogP contribution in [0.2, 0.25) is 0 Å². The Kier molecular flexibility index (Phi) is 3.10. The molecule has 0 spiro atoms. The molecule has 3 heterocycles. The molecule has 6 heteroatoms. The van der Waals surface area contributed by atoms with E-state index in [1.807, 2.05) is 36.4 Å². The number of anilines is 1. The largest absolute Gasteiger partial charge is 0.378 e. The molecule has 1 aromatic carbocycles. The molecule has 1 N–H and O–H groups in total. The Morgan fingerprint density at radius 3 is 2.91 bits per heavy atom. The average molecular weight is 300 g/mol. The highest BCUT2D eigenvalue weighted by molar-refractivity contribution is 5.93. The molecule has 0 fully saturated rings. The molecular formula is C17H12N6. The third-order valence-corrected chi connectivity index (χ3v) is 3.71. The Hall–Kier alpha value is -3.46. The van der Waals surface area contributed by atoms with Crippen LogP contribution in [-0.4, -0.2) is 19.6 Å². The molecule has 0 saturated carbocycles. The van der Waals surface area contributed by atoms with Gasteiger partial charge < -0.3 is 5.32 Å². The molecule has 0 radical (unpaired) electrons. The van der Waals surface area contributed by atoms with Gasteiger partial charge in [-0.05, 0) is 12.1 Å². The van der Waals surface area contributed by atoms with Crippen molar-refractivity contribution >= 4 is 22.2 Å². The molecule has 110 valence electrons. The lowest BCUT2D eigenvalue weighted by molar-refractivity contribution is 0.854. The lowest BCUT2D eigenvalue weighted by Crippen LogP contribution is -2.08. The van der Waals surface area contributed by atoms with E-state index in [2.05, 4.69) is 26.5 Å². The van der Waals surface area contributed by atoms with E-state index < -0.39 is 0 Å². The van der Waals surface area contributed by atoms with Crippen molar-refractivity contribution < 1.29 is 0 Å². The van der Waals surface area contributed by atoms with E-state index in [-0.39, 0.29) is 0 Å². The first-order chi connectivity index (χ1) is 11.4. The standard InChI is InChI=1S/C17H12N6/c18-9-12-10-20-15-4-2-1-3-14(15)17(12)21-11-13-5-7-19-16-6-8-22-23(13)16/h1-8,10H,11H2,(H,20,21). The van der Waals surface area contributed by atoms with E-state index >= 15 is 0 Å². The summed E-state index contributed by atoms with van der Waals surface area (Å²) in [5, 5.41) is 17.9. The van der Waals surface area contributed by atoms with Crippen LogP contribution in [0.3, 0.4) is 0 Å². The maximum Gasteiger partial charge on any atom is 0.155 e. The van der Waals surface area contributed by atoms with Crippen LogP contribution in [0.4, 0.5) is 5.69 Å². The minimum atomic E-state index is 0.523. The van der Waals surface area contributed by atoms with Gasteiger partial charge in [0.25, 0.3) is 0 Å². The molecule has 0 amide bonds. The summed E-state index contributed by atoms with van der Waals surface area (Å²) in [7, 11) is 0. The molecule has 0 atom stereocenters. The fraction of sp³-hybridized carbons (Fsp3) is 0.0588. The van der Waals surface area contributed by atoms with Crippen LogP contribution in [0, 0.1) is 11.3 Å². The van der Waals surface area contributed by atoms with Gasteiger partial charge in [0, 0.05) is 23.8 Å². The number of hydrogen-bond acceptors (Lipinski definition) is 5. The number of fused-ring (bicyclic) bond motifs is 2. The van der Waals surface area contributed by atoms with Gasteiger partial charge in [0.05, 0.1) is 35.2 Å². The first kappa shape index (κ1) is 13.2. The fourth-order valence-electron chi connectivity index (χ4n) is 2.62. The zero-order chi connectivity index (χ0) is 15.6. The zero-order valence-corrected chi connectivity index (χ0v) is 12.1. The molecule has 4 aromatic rings. The Balaban J connectivity index is 1.76. The van der Waals surface area contributed by atoms with Gasteiger partial charge in [-0.1, -0.05) is 18.2 Å². The van der Waals surface area contributed by atoms with Crippen LogP contribution in [0.15, 0.2) is 55.0 Å². The first-order valence-electron chi connectivity index (χ1n) is 7.16. The summed E-state index contributed by atoms with van der Waals surface area (Å²) in [5.41, 5.74) is 3.92. The quantitative estimate of drug-likeness (QED) is 0.629. The van der Waals surface area contributed by atoms with Crippen LogP contribution in [-0.2, 0) is 6.54 Å². The number of para-hydroxylation sites is 1. The smallest absolute Gasteiger partial charge is 0.155 e. The summed E-state index contributed by atoms with van der Waals surface area (Å²) < 4.78 is 1.78. The van der Waals surface area contributed by atoms with E-state index in [1.54, 1.807) is 23.1 Å². The van der Waals surface area contributed by atoms with Crippen molar-refractivity contribution in [3.8, 4) is 6.07 Å². The molecule has 0 aliphatic heterocycles. The second kappa shape index (κ2) is 5.39. The zero-order valence-electron chi connectivity index (χ0n) is 12.1. The second-order valence-electron chi connectivity index (χ2n) is 5.07. The van der Waals surface area contributed by atoms with Gasteiger partial charge in [-0.25, -0.2) is 9.50 Å². The third-order valence-electron chi connectivity index (χ3n) is 3.71. The van der Waals surface area contributed by atoms with Crippen LogP contribution in [0.1, 0.15) is 11.3 Å². The molecule has 0 unspecified atom stereocenters. The number of rotatable bonds is 3. The summed E-state index contributed by atoms with van der Waals surface area (Å²) >= 11 is 0. The highest BCUT2D eigenvalue weighted by Gasteiger charge is 2.09. The van der Waals surface area contributed by atoms with Crippen molar-refractivity contribution in [2.75, 3.05) is 5.32 Å². The van der Waals surface area contributed by atoms with E-state index in [4.69, 9.17) is 0 Å². The molecule has 0 aliphatic carbocycles. The van der Waals surface area contributed by atoms with Crippen molar-refractivity contribution in [2.24, 2.45) is 0 Å². The van der Waals surface area contributed by atoms with Crippen molar-refractivity contribution in [1.82, 2.24) is 19.6 Å². The summed E-state index contributed by atoms with van der Waals surface area (Å²) in [4.78, 5) is 8.57. The van der Waals surface area contributed by atoms with Crippen molar-refractivity contribution in [3.05, 3.63) is 66.2 Å². The summed E-state index contributed by atoms with van der Waals surface area (Å²) in [5.74, 6) is 0. The SMILES string of the molecule is N#Cc1cnc2ccccc2c1NCc1ccnc2ccnn12. The van der Waals surface area contributed by atoms with Gasteiger partial charge >= 0.3 is 0 Å². The van der Waals surface area contributed by atoms with E-state index in [0.717, 1.165) is 27.9 Å². The minimum absolute atomic E-state index is 0.523. The molecule has 3 aromatic heterocycles. The van der Waals surface area contributed by atoms with Crippen LogP contribution in [0.5, 0.6) is 0 Å². The predicted octanol–water partition coefficient (Wildman–Crippen LogP) is 2.76. The Labute approximate surface area is 132 Å². The third kappa shape index (κ3) is 2.24. The lowest BCUT2D eigenvalue weighted by atomic mass is 10.1. The summed E-state index contributed by atoms with van der Waals surface area (Å²) in [6.07, 6.45) is 5.07. The van der Waals surface area contributed by atoms with Crippen molar-refractivity contribution in [1.29, 1.82) is 5.26 Å². The van der Waals surface area contributed by atoms with Gasteiger partial charge in [-0.15, -0.1) is 0 Å². The average Bonchev–Trinajstić information content (AvgIpc) is 3.08. The topological polar surface area (TPSA) is 78.9 Å². The number of nitrogens with zero attached hydrogens (tertiary/aromatic N) is 5. The van der Waals surface area contributed by atoms with Crippen LogP contribution in [0.25, 0.3) is 16.6 Å². The number of nitrogens with one attached hydrogen (secondary N) is 1. The molecule has 0 aliphatic rings. The van der Waals surface area contributed by atoms with Crippen molar-refractivity contribution in [3.63, 3.8) is 0 Å². The van der Waals surface area contributed by atoms with Gasteiger partial charge in [0.1, 0.15) is 6.07 Å². The summed E-state index contributed by atoms with van der Waals surface area (Å²) in [6, 6.07) is 13.7. The highest BCUT2D eigenvalue weighted by Crippen LogP contribution is 2.25. The molecule has 0 saturated heterocycles. The summed E-state index contributed by atoms with van der Waals surface area (Å²) in [6.45, 7) is 0.531. The molecule has 6 nitrogen and oxygen atoms in total. The van der Waals surface area contributed by atoms with Gasteiger partial charge in [-0.3, -0.25) is 4.98 Å². The molecule has 23 heavy (non-hydrogen) atoms. The van der Waals surface area contributed by atoms with E-state index in [1.165, 1.54) is 0 Å². The maximum atomic E-state index is 9.36. The highest BCUT2D eigenvalue weighted by atomic mass is 15.3. The van der Waals surface area contributed by atoms with Gasteiger partial charge in [0.15, 0.2) is 5.65 Å². The van der Waals surface area contributed by atoms with Crippen LogP contribution >= 0.6 is 0 Å². The van der Waals surface area contributed by atoms with Gasteiger partial charge in [0.2, 0.25) is 0 Å². The number of hydrogen-bond donors (Lipinski definition) is 1. The number of aromatic nitrogens is 4. The number of nitriles is 1. The predicted molar refractivity (Wildman–Crippen MR) is 86.8 cm³/mol. The number of pyridine rings is 1. The Morgan fingerprint density at radius 2 is 2.00 bits per heavy atom. The molecule has 4 rings (SSSR count). The van der Waals surface area contributed by atoms with E-state index in [9.17, 15) is 5.26 Å². The first-order valence-corrected chi connectivity index (χ1v) is 7.16. The normalized spacial score (nSPS) is 10.7.